The Morgan fingerprint density at radius 3 is 2.78 bits per heavy atom. The summed E-state index contributed by atoms with van der Waals surface area (Å²) in [5.74, 6) is -0.264. The Morgan fingerprint density at radius 1 is 1.33 bits per heavy atom. The van der Waals surface area contributed by atoms with Crippen LogP contribution < -0.4 is 15.4 Å². The Balaban J connectivity index is 1.98. The Hall–Kier alpha value is -2.77. The molecule has 8 heteroatoms. The molecule has 1 saturated heterocycles. The van der Waals surface area contributed by atoms with E-state index in [9.17, 15) is 14.4 Å². The highest BCUT2D eigenvalue weighted by Gasteiger charge is 2.35. The number of hydrogen-bond acceptors (Lipinski definition) is 6. The maximum Gasteiger partial charge on any atom is 0.308 e. The number of nitrogens with zero attached hydrogens (tertiary/aromatic N) is 1. The molecule has 0 bridgehead atoms. The number of esters is 1. The van der Waals surface area contributed by atoms with Gasteiger partial charge in [0, 0.05) is 13.1 Å². The van der Waals surface area contributed by atoms with Gasteiger partial charge in [-0.05, 0) is 18.1 Å². The second-order valence-electron chi connectivity index (χ2n) is 6.73. The zero-order valence-corrected chi connectivity index (χ0v) is 16.0. The van der Waals surface area contributed by atoms with Crippen molar-refractivity contribution in [2.24, 2.45) is 5.92 Å². The average molecular weight is 377 g/mol. The molecule has 1 unspecified atom stereocenters. The van der Waals surface area contributed by atoms with Crippen LogP contribution in [0.2, 0.25) is 0 Å². The quantitative estimate of drug-likeness (QED) is 0.657. The van der Waals surface area contributed by atoms with Gasteiger partial charge in [-0.1, -0.05) is 26.0 Å². The summed E-state index contributed by atoms with van der Waals surface area (Å²) in [5.41, 5.74) is 0.683. The first kappa shape index (κ1) is 20.5. The van der Waals surface area contributed by atoms with Gasteiger partial charge >= 0.3 is 5.97 Å². The lowest BCUT2D eigenvalue weighted by molar-refractivity contribution is -0.152. The van der Waals surface area contributed by atoms with Gasteiger partial charge < -0.3 is 25.0 Å². The van der Waals surface area contributed by atoms with Crippen LogP contribution in [0.25, 0.3) is 0 Å². The molecule has 1 atom stereocenters. The van der Waals surface area contributed by atoms with Crippen LogP contribution in [-0.4, -0.2) is 62.1 Å². The highest BCUT2D eigenvalue weighted by atomic mass is 16.5. The minimum absolute atomic E-state index is 0.00874. The first-order valence-corrected chi connectivity index (χ1v) is 9.02. The van der Waals surface area contributed by atoms with Crippen molar-refractivity contribution in [2.45, 2.75) is 26.3 Å². The predicted octanol–water partition coefficient (Wildman–Crippen LogP) is 1.02. The van der Waals surface area contributed by atoms with E-state index in [4.69, 9.17) is 9.47 Å². The molecular formula is C19H27N3O5. The number of piperazine rings is 1. The summed E-state index contributed by atoms with van der Waals surface area (Å²) >= 11 is 0. The van der Waals surface area contributed by atoms with Crippen molar-refractivity contribution in [1.29, 1.82) is 0 Å². The third kappa shape index (κ3) is 5.87. The van der Waals surface area contributed by atoms with Crippen molar-refractivity contribution in [2.75, 3.05) is 38.7 Å². The number of para-hydroxylation sites is 2. The number of hydrogen-bond donors (Lipinski definition) is 2. The van der Waals surface area contributed by atoms with E-state index in [1.54, 1.807) is 19.2 Å². The number of benzene rings is 1. The van der Waals surface area contributed by atoms with Gasteiger partial charge in [-0.25, -0.2) is 0 Å². The monoisotopic (exact) mass is 377 g/mol. The molecule has 0 saturated carbocycles. The maximum atomic E-state index is 12.7. The van der Waals surface area contributed by atoms with E-state index in [1.165, 1.54) is 4.90 Å². The molecular weight excluding hydrogens is 350 g/mol. The van der Waals surface area contributed by atoms with E-state index >= 15 is 0 Å². The number of carbonyl (C=O) groups excluding carboxylic acids is 3. The maximum absolute atomic E-state index is 12.7. The van der Waals surface area contributed by atoms with E-state index in [2.05, 4.69) is 10.6 Å². The zero-order valence-electron chi connectivity index (χ0n) is 16.0. The van der Waals surface area contributed by atoms with Crippen LogP contribution in [0.15, 0.2) is 24.3 Å². The number of methoxy groups -OCH3 is 1. The standard InChI is InChI=1S/C19H27N3O5/c1-13(2)12-27-18(24)10-15-19(25)20-8-9-22(15)17(23)11-21-14-6-4-5-7-16(14)26-3/h4-7,13,15,21H,8-12H2,1-3H3,(H,20,25). The summed E-state index contributed by atoms with van der Waals surface area (Å²) in [7, 11) is 1.55. The van der Waals surface area contributed by atoms with Gasteiger partial charge in [0.1, 0.15) is 11.8 Å². The topological polar surface area (TPSA) is 97.0 Å². The Kier molecular flexibility index (Phi) is 7.45. The lowest BCUT2D eigenvalue weighted by Gasteiger charge is -2.34. The number of rotatable bonds is 8. The summed E-state index contributed by atoms with van der Waals surface area (Å²) in [5, 5.41) is 5.72. The van der Waals surface area contributed by atoms with Crippen molar-refractivity contribution in [1.82, 2.24) is 10.2 Å². The van der Waals surface area contributed by atoms with Crippen LogP contribution in [0, 0.1) is 5.92 Å². The van der Waals surface area contributed by atoms with Gasteiger partial charge in [-0.3, -0.25) is 14.4 Å². The van der Waals surface area contributed by atoms with Crippen LogP contribution in [0.4, 0.5) is 5.69 Å². The summed E-state index contributed by atoms with van der Waals surface area (Å²) in [6.07, 6.45) is -0.154. The molecule has 2 rings (SSSR count). The van der Waals surface area contributed by atoms with E-state index in [-0.39, 0.29) is 37.3 Å². The Morgan fingerprint density at radius 2 is 2.07 bits per heavy atom. The van der Waals surface area contributed by atoms with Crippen molar-refractivity contribution in [3.63, 3.8) is 0 Å². The fourth-order valence-electron chi connectivity index (χ4n) is 2.76. The lowest BCUT2D eigenvalue weighted by atomic mass is 10.1. The Labute approximate surface area is 159 Å². The summed E-state index contributed by atoms with van der Waals surface area (Å²) < 4.78 is 10.4. The Bertz CT molecular complexity index is 677. The molecule has 27 heavy (non-hydrogen) atoms. The first-order valence-electron chi connectivity index (χ1n) is 9.02. The molecule has 0 spiro atoms. The van der Waals surface area contributed by atoms with Crippen LogP contribution in [0.5, 0.6) is 5.75 Å². The second-order valence-corrected chi connectivity index (χ2v) is 6.73. The normalized spacial score (nSPS) is 16.7. The van der Waals surface area contributed by atoms with Crippen LogP contribution in [0.3, 0.4) is 0 Å². The third-order valence-corrected chi connectivity index (χ3v) is 4.13. The molecule has 1 aliphatic heterocycles. The smallest absolute Gasteiger partial charge is 0.308 e. The molecule has 1 aliphatic rings. The van der Waals surface area contributed by atoms with Gasteiger partial charge in [0.05, 0.1) is 32.4 Å². The molecule has 0 radical (unpaired) electrons. The summed E-state index contributed by atoms with van der Waals surface area (Å²) in [4.78, 5) is 38.3. The van der Waals surface area contributed by atoms with Crippen molar-refractivity contribution >= 4 is 23.5 Å². The molecule has 1 aromatic carbocycles. The van der Waals surface area contributed by atoms with Gasteiger partial charge in [0.25, 0.3) is 0 Å². The predicted molar refractivity (Wildman–Crippen MR) is 100 cm³/mol. The summed E-state index contributed by atoms with van der Waals surface area (Å²) in [6.45, 7) is 4.85. The zero-order chi connectivity index (χ0) is 19.8. The van der Waals surface area contributed by atoms with Crippen molar-refractivity contribution in [3.05, 3.63) is 24.3 Å². The lowest BCUT2D eigenvalue weighted by Crippen LogP contribution is -2.58. The number of nitrogens with one attached hydrogen (secondary N) is 2. The van der Waals surface area contributed by atoms with Crippen LogP contribution in [-0.2, 0) is 19.1 Å². The first-order chi connectivity index (χ1) is 12.9. The van der Waals surface area contributed by atoms with Gasteiger partial charge in [0.15, 0.2) is 0 Å². The van der Waals surface area contributed by atoms with E-state index in [1.807, 2.05) is 26.0 Å². The van der Waals surface area contributed by atoms with E-state index in [0.717, 1.165) is 0 Å². The van der Waals surface area contributed by atoms with Gasteiger partial charge in [-0.2, -0.15) is 0 Å². The second kappa shape index (κ2) is 9.80. The van der Waals surface area contributed by atoms with Gasteiger partial charge in [-0.15, -0.1) is 0 Å². The van der Waals surface area contributed by atoms with Crippen LogP contribution in [0.1, 0.15) is 20.3 Å². The van der Waals surface area contributed by atoms with Crippen molar-refractivity contribution < 1.29 is 23.9 Å². The molecule has 1 heterocycles. The number of amides is 2. The van der Waals surface area contributed by atoms with Crippen LogP contribution >= 0.6 is 0 Å². The number of anilines is 1. The molecule has 1 aromatic rings. The minimum atomic E-state index is -0.856. The third-order valence-electron chi connectivity index (χ3n) is 4.13. The largest absolute Gasteiger partial charge is 0.495 e. The highest BCUT2D eigenvalue weighted by molar-refractivity contribution is 5.93. The molecule has 0 aliphatic carbocycles. The van der Waals surface area contributed by atoms with Gasteiger partial charge in [0.2, 0.25) is 11.8 Å². The fourth-order valence-corrected chi connectivity index (χ4v) is 2.76. The van der Waals surface area contributed by atoms with E-state index in [0.29, 0.717) is 24.5 Å². The highest BCUT2D eigenvalue weighted by Crippen LogP contribution is 2.23. The molecule has 8 nitrogen and oxygen atoms in total. The SMILES string of the molecule is COc1ccccc1NCC(=O)N1CCNC(=O)C1CC(=O)OCC(C)C. The molecule has 1 fully saturated rings. The summed E-state index contributed by atoms with van der Waals surface area (Å²) in [6, 6.07) is 6.40. The molecule has 2 N–H and O–H groups in total. The minimum Gasteiger partial charge on any atom is -0.495 e. The number of ether oxygens (including phenoxy) is 2. The molecule has 148 valence electrons. The fraction of sp³-hybridized carbons (Fsp3) is 0.526. The average Bonchev–Trinajstić information content (AvgIpc) is 2.66. The van der Waals surface area contributed by atoms with Crippen molar-refractivity contribution in [3.8, 4) is 5.75 Å². The molecule has 2 amide bonds. The number of carbonyl (C=O) groups is 3. The van der Waals surface area contributed by atoms with E-state index < -0.39 is 12.0 Å². The molecule has 0 aromatic heterocycles.